The molecular formula is C18H16N2O3. The van der Waals surface area contributed by atoms with Crippen LogP contribution in [0.1, 0.15) is 30.9 Å². The lowest BCUT2D eigenvalue weighted by Crippen LogP contribution is -2.11. The molecule has 0 aliphatic carbocycles. The minimum absolute atomic E-state index is 0.0594. The summed E-state index contributed by atoms with van der Waals surface area (Å²) < 4.78 is 0. The van der Waals surface area contributed by atoms with Crippen molar-refractivity contribution in [3.05, 3.63) is 69.8 Å². The highest BCUT2D eigenvalue weighted by molar-refractivity contribution is 5.92. The van der Waals surface area contributed by atoms with Gasteiger partial charge in [0.15, 0.2) is 0 Å². The fraction of sp³-hybridized carbons (Fsp3) is 0.167. The monoisotopic (exact) mass is 308 g/mol. The van der Waals surface area contributed by atoms with E-state index in [0.29, 0.717) is 17.7 Å². The molecule has 2 rings (SSSR count). The summed E-state index contributed by atoms with van der Waals surface area (Å²) in [5.41, 5.74) is 1.64. The van der Waals surface area contributed by atoms with Crippen molar-refractivity contribution < 1.29 is 9.72 Å². The number of hydrogen-bond acceptors (Lipinski definition) is 3. The average molecular weight is 308 g/mol. The predicted molar refractivity (Wildman–Crippen MR) is 89.1 cm³/mol. The van der Waals surface area contributed by atoms with Crippen molar-refractivity contribution in [3.8, 4) is 11.8 Å². The quantitative estimate of drug-likeness (QED) is 0.531. The number of amides is 1. The van der Waals surface area contributed by atoms with Crippen molar-refractivity contribution >= 4 is 17.3 Å². The fourth-order valence-corrected chi connectivity index (χ4v) is 1.96. The van der Waals surface area contributed by atoms with Gasteiger partial charge in [-0.2, -0.15) is 0 Å². The maximum Gasteiger partial charge on any atom is 0.270 e. The zero-order valence-corrected chi connectivity index (χ0v) is 12.7. The SMILES string of the molecule is CCCC(=O)Nc1ccc([N+](=O)[O-])cc1C#Cc1ccccc1. The molecule has 5 heteroatoms. The Balaban J connectivity index is 2.37. The van der Waals surface area contributed by atoms with Crippen LogP contribution in [0.5, 0.6) is 0 Å². The second kappa shape index (κ2) is 7.76. The minimum atomic E-state index is -0.481. The van der Waals surface area contributed by atoms with Crippen molar-refractivity contribution in [2.75, 3.05) is 5.32 Å². The van der Waals surface area contributed by atoms with Crippen LogP contribution in [0.4, 0.5) is 11.4 Å². The van der Waals surface area contributed by atoms with E-state index >= 15 is 0 Å². The molecule has 0 saturated carbocycles. The Bertz CT molecular complexity index is 774. The molecule has 0 aromatic heterocycles. The van der Waals surface area contributed by atoms with Crippen molar-refractivity contribution in [3.63, 3.8) is 0 Å². The first-order valence-corrected chi connectivity index (χ1v) is 7.25. The van der Waals surface area contributed by atoms with E-state index in [1.54, 1.807) is 0 Å². The Hall–Kier alpha value is -3.13. The van der Waals surface area contributed by atoms with Crippen molar-refractivity contribution in [1.82, 2.24) is 0 Å². The summed E-state index contributed by atoms with van der Waals surface area (Å²) in [6.07, 6.45) is 1.12. The average Bonchev–Trinajstić information content (AvgIpc) is 2.55. The first-order chi connectivity index (χ1) is 11.1. The van der Waals surface area contributed by atoms with Crippen molar-refractivity contribution in [1.29, 1.82) is 0 Å². The molecule has 23 heavy (non-hydrogen) atoms. The van der Waals surface area contributed by atoms with E-state index in [2.05, 4.69) is 17.2 Å². The second-order valence-electron chi connectivity index (χ2n) is 4.90. The van der Waals surface area contributed by atoms with Crippen molar-refractivity contribution in [2.45, 2.75) is 19.8 Å². The molecule has 0 saturated heterocycles. The van der Waals surface area contributed by atoms with Crippen LogP contribution in [-0.2, 0) is 4.79 Å². The van der Waals surface area contributed by atoms with Crippen LogP contribution in [0.2, 0.25) is 0 Å². The van der Waals surface area contributed by atoms with E-state index in [1.165, 1.54) is 18.2 Å². The molecule has 5 nitrogen and oxygen atoms in total. The Labute approximate surface area is 134 Å². The van der Waals surface area contributed by atoms with Gasteiger partial charge in [-0.3, -0.25) is 14.9 Å². The first-order valence-electron chi connectivity index (χ1n) is 7.25. The number of carbonyl (C=O) groups excluding carboxylic acids is 1. The van der Waals surface area contributed by atoms with Crippen LogP contribution in [0.25, 0.3) is 0 Å². The Morgan fingerprint density at radius 1 is 1.17 bits per heavy atom. The van der Waals surface area contributed by atoms with Crippen molar-refractivity contribution in [2.24, 2.45) is 0 Å². The number of benzene rings is 2. The molecule has 0 heterocycles. The van der Waals surface area contributed by atoms with Gasteiger partial charge in [0.2, 0.25) is 5.91 Å². The number of non-ortho nitro benzene ring substituents is 1. The maximum absolute atomic E-state index is 11.8. The highest BCUT2D eigenvalue weighted by Crippen LogP contribution is 2.22. The van der Waals surface area contributed by atoms with Gasteiger partial charge < -0.3 is 5.32 Å². The fourth-order valence-electron chi connectivity index (χ4n) is 1.96. The molecular weight excluding hydrogens is 292 g/mol. The van der Waals surface area contributed by atoms with Crippen LogP contribution in [0.15, 0.2) is 48.5 Å². The Morgan fingerprint density at radius 2 is 1.91 bits per heavy atom. The number of anilines is 1. The molecule has 0 aliphatic heterocycles. The van der Waals surface area contributed by atoms with E-state index in [9.17, 15) is 14.9 Å². The van der Waals surface area contributed by atoms with Gasteiger partial charge in [-0.1, -0.05) is 37.0 Å². The Kier molecular flexibility index (Phi) is 5.48. The van der Waals surface area contributed by atoms with Gasteiger partial charge in [-0.15, -0.1) is 0 Å². The third-order valence-electron chi connectivity index (χ3n) is 3.08. The van der Waals surface area contributed by atoms with E-state index in [-0.39, 0.29) is 11.6 Å². The molecule has 2 aromatic rings. The number of nitro benzene ring substituents is 1. The van der Waals surface area contributed by atoms with Gasteiger partial charge in [0.25, 0.3) is 5.69 Å². The van der Waals surface area contributed by atoms with E-state index in [0.717, 1.165) is 12.0 Å². The molecule has 116 valence electrons. The van der Waals surface area contributed by atoms with Gasteiger partial charge in [-0.05, 0) is 24.6 Å². The topological polar surface area (TPSA) is 72.2 Å². The number of hydrogen-bond donors (Lipinski definition) is 1. The predicted octanol–water partition coefficient (Wildman–Crippen LogP) is 3.73. The zero-order valence-electron chi connectivity index (χ0n) is 12.7. The van der Waals surface area contributed by atoms with E-state index in [4.69, 9.17) is 0 Å². The number of rotatable bonds is 4. The van der Waals surface area contributed by atoms with Crippen LogP contribution < -0.4 is 5.32 Å². The maximum atomic E-state index is 11.8. The highest BCUT2D eigenvalue weighted by Gasteiger charge is 2.11. The van der Waals surface area contributed by atoms with Gasteiger partial charge in [0.05, 0.1) is 16.2 Å². The molecule has 0 unspecified atom stereocenters. The normalized spacial score (nSPS) is 9.61. The molecule has 2 aromatic carbocycles. The highest BCUT2D eigenvalue weighted by atomic mass is 16.6. The first kappa shape index (κ1) is 16.2. The molecule has 0 aliphatic rings. The summed E-state index contributed by atoms with van der Waals surface area (Å²) in [6.45, 7) is 1.91. The molecule has 0 spiro atoms. The summed E-state index contributed by atoms with van der Waals surface area (Å²) in [6, 6.07) is 13.5. The lowest BCUT2D eigenvalue weighted by molar-refractivity contribution is -0.384. The van der Waals surface area contributed by atoms with Gasteiger partial charge in [-0.25, -0.2) is 0 Å². The van der Waals surface area contributed by atoms with E-state index < -0.39 is 4.92 Å². The zero-order chi connectivity index (χ0) is 16.7. The molecule has 0 atom stereocenters. The number of carbonyl (C=O) groups is 1. The smallest absolute Gasteiger partial charge is 0.270 e. The third kappa shape index (κ3) is 4.68. The summed E-state index contributed by atoms with van der Waals surface area (Å²) in [5, 5.41) is 13.7. The Morgan fingerprint density at radius 3 is 2.57 bits per heavy atom. The molecule has 0 radical (unpaired) electrons. The molecule has 0 fully saturated rings. The molecule has 0 bridgehead atoms. The van der Waals surface area contributed by atoms with Crippen LogP contribution in [0, 0.1) is 22.0 Å². The summed E-state index contributed by atoms with van der Waals surface area (Å²) in [4.78, 5) is 22.2. The lowest BCUT2D eigenvalue weighted by Gasteiger charge is -2.06. The summed E-state index contributed by atoms with van der Waals surface area (Å²) in [7, 11) is 0. The largest absolute Gasteiger partial charge is 0.325 e. The summed E-state index contributed by atoms with van der Waals surface area (Å²) >= 11 is 0. The number of nitro groups is 1. The lowest BCUT2D eigenvalue weighted by atomic mass is 10.1. The molecule has 1 N–H and O–H groups in total. The van der Waals surface area contributed by atoms with Crippen LogP contribution in [0.3, 0.4) is 0 Å². The molecule has 1 amide bonds. The minimum Gasteiger partial charge on any atom is -0.325 e. The van der Waals surface area contributed by atoms with E-state index in [1.807, 2.05) is 37.3 Å². The van der Waals surface area contributed by atoms with Gasteiger partial charge in [0, 0.05) is 24.1 Å². The van der Waals surface area contributed by atoms with Gasteiger partial charge in [0.1, 0.15) is 0 Å². The van der Waals surface area contributed by atoms with Gasteiger partial charge >= 0.3 is 0 Å². The standard InChI is InChI=1S/C18H16N2O3/c1-2-6-18(21)19-17-12-11-16(20(22)23)13-15(17)10-9-14-7-4-3-5-8-14/h3-5,7-8,11-13H,2,6H2,1H3,(H,19,21). The number of nitrogens with one attached hydrogen (secondary N) is 1. The summed E-state index contributed by atoms with van der Waals surface area (Å²) in [5.74, 6) is 5.72. The van der Waals surface area contributed by atoms with Crippen LogP contribution in [-0.4, -0.2) is 10.8 Å². The third-order valence-corrected chi connectivity index (χ3v) is 3.08. The second-order valence-corrected chi connectivity index (χ2v) is 4.90. The number of nitrogens with zero attached hydrogens (tertiary/aromatic N) is 1. The van der Waals surface area contributed by atoms with Crippen LogP contribution >= 0.6 is 0 Å².